The first-order valence-corrected chi connectivity index (χ1v) is 5.08. The van der Waals surface area contributed by atoms with Crippen LogP contribution in [-0.2, 0) is 14.2 Å². The predicted molar refractivity (Wildman–Crippen MR) is 48.4 cm³/mol. The van der Waals surface area contributed by atoms with Crippen molar-refractivity contribution >= 4 is 0 Å². The lowest BCUT2D eigenvalue weighted by Crippen LogP contribution is -2.22. The summed E-state index contributed by atoms with van der Waals surface area (Å²) >= 11 is 0. The van der Waals surface area contributed by atoms with Crippen molar-refractivity contribution < 1.29 is 14.2 Å². The quantitative estimate of drug-likeness (QED) is 0.624. The second-order valence-corrected chi connectivity index (χ2v) is 4.05. The molecule has 3 heteroatoms. The van der Waals surface area contributed by atoms with Crippen LogP contribution in [0.1, 0.15) is 19.3 Å². The summed E-state index contributed by atoms with van der Waals surface area (Å²) in [5, 5.41) is 0. The molecular formula is C10H18O3. The zero-order chi connectivity index (χ0) is 9.10. The highest BCUT2D eigenvalue weighted by molar-refractivity contribution is 4.85. The molecule has 2 rings (SSSR count). The summed E-state index contributed by atoms with van der Waals surface area (Å²) in [6.45, 7) is 2.32. The number of hydrogen-bond donors (Lipinski definition) is 0. The van der Waals surface area contributed by atoms with Crippen LogP contribution in [0.5, 0.6) is 0 Å². The molecule has 76 valence electrons. The Kier molecular flexibility index (Phi) is 3.19. The summed E-state index contributed by atoms with van der Waals surface area (Å²) < 4.78 is 15.9. The molecule has 1 saturated heterocycles. The Balaban J connectivity index is 1.77. The molecule has 2 aliphatic rings. The minimum absolute atomic E-state index is 0.414. The highest BCUT2D eigenvalue weighted by Crippen LogP contribution is 2.38. The average molecular weight is 186 g/mol. The Hall–Kier alpha value is -0.120. The van der Waals surface area contributed by atoms with Gasteiger partial charge in [-0.05, 0) is 31.1 Å². The molecule has 3 atom stereocenters. The summed E-state index contributed by atoms with van der Waals surface area (Å²) in [5.74, 6) is 1.59. The Bertz CT molecular complexity index is 146. The molecule has 1 heterocycles. The Morgan fingerprint density at radius 3 is 2.92 bits per heavy atom. The smallest absolute Gasteiger partial charge is 0.146 e. The fourth-order valence-corrected chi connectivity index (χ4v) is 2.48. The van der Waals surface area contributed by atoms with Crippen molar-refractivity contribution in [3.8, 4) is 0 Å². The molecule has 1 unspecified atom stereocenters. The van der Waals surface area contributed by atoms with Gasteiger partial charge in [-0.25, -0.2) is 0 Å². The maximum absolute atomic E-state index is 5.57. The lowest BCUT2D eigenvalue weighted by Gasteiger charge is -2.24. The normalized spacial score (nSPS) is 39.0. The van der Waals surface area contributed by atoms with Crippen molar-refractivity contribution in [2.75, 3.05) is 27.1 Å². The molecule has 1 saturated carbocycles. The minimum atomic E-state index is 0.414. The molecule has 3 nitrogen and oxygen atoms in total. The van der Waals surface area contributed by atoms with Gasteiger partial charge in [0.05, 0.1) is 6.10 Å². The van der Waals surface area contributed by atoms with E-state index in [0.717, 1.165) is 31.5 Å². The molecule has 0 aromatic rings. The Labute approximate surface area is 79.4 Å². The van der Waals surface area contributed by atoms with Gasteiger partial charge in [-0.15, -0.1) is 0 Å². The number of ether oxygens (including phenoxy) is 3. The number of hydrogen-bond acceptors (Lipinski definition) is 3. The molecule has 0 radical (unpaired) electrons. The van der Waals surface area contributed by atoms with Crippen LogP contribution in [0.15, 0.2) is 0 Å². The third kappa shape index (κ3) is 2.22. The van der Waals surface area contributed by atoms with Gasteiger partial charge in [0.15, 0.2) is 0 Å². The van der Waals surface area contributed by atoms with Crippen LogP contribution in [0, 0.1) is 11.8 Å². The number of fused-ring (bicyclic) bond motifs is 1. The first-order chi connectivity index (χ1) is 6.40. The van der Waals surface area contributed by atoms with E-state index in [1.807, 2.05) is 0 Å². The van der Waals surface area contributed by atoms with Gasteiger partial charge >= 0.3 is 0 Å². The summed E-state index contributed by atoms with van der Waals surface area (Å²) in [6, 6.07) is 0. The van der Waals surface area contributed by atoms with E-state index in [1.165, 1.54) is 12.8 Å². The van der Waals surface area contributed by atoms with Crippen molar-refractivity contribution in [3.05, 3.63) is 0 Å². The number of methoxy groups -OCH3 is 1. The van der Waals surface area contributed by atoms with Crippen LogP contribution < -0.4 is 0 Å². The Morgan fingerprint density at radius 2 is 2.15 bits per heavy atom. The first kappa shape index (κ1) is 9.44. The summed E-state index contributed by atoms with van der Waals surface area (Å²) in [5.41, 5.74) is 0. The molecule has 1 aliphatic carbocycles. The standard InChI is InChI=1S/C10H18O3/c1-11-7-13-10-4-8-2-3-12-6-9(8)5-10/h8-10H,2-7H2,1H3/t8-,9-,10?/m1/s1. The van der Waals surface area contributed by atoms with E-state index in [9.17, 15) is 0 Å². The second-order valence-electron chi connectivity index (χ2n) is 4.05. The van der Waals surface area contributed by atoms with Crippen LogP contribution >= 0.6 is 0 Å². The molecule has 1 aliphatic heterocycles. The van der Waals surface area contributed by atoms with Gasteiger partial charge in [0, 0.05) is 20.3 Å². The van der Waals surface area contributed by atoms with Gasteiger partial charge in [0.25, 0.3) is 0 Å². The molecule has 0 aromatic heterocycles. The van der Waals surface area contributed by atoms with Gasteiger partial charge < -0.3 is 14.2 Å². The molecule has 0 amide bonds. The fourth-order valence-electron chi connectivity index (χ4n) is 2.48. The van der Waals surface area contributed by atoms with Crippen molar-refractivity contribution in [1.82, 2.24) is 0 Å². The molecule has 13 heavy (non-hydrogen) atoms. The fraction of sp³-hybridized carbons (Fsp3) is 1.00. The van der Waals surface area contributed by atoms with Gasteiger partial charge in [-0.2, -0.15) is 0 Å². The van der Waals surface area contributed by atoms with Gasteiger partial charge in [-0.3, -0.25) is 0 Å². The third-order valence-corrected chi connectivity index (χ3v) is 3.18. The maximum atomic E-state index is 5.57. The van der Waals surface area contributed by atoms with E-state index in [2.05, 4.69) is 0 Å². The predicted octanol–water partition coefficient (Wildman–Crippen LogP) is 1.42. The minimum Gasteiger partial charge on any atom is -0.381 e. The van der Waals surface area contributed by atoms with E-state index < -0.39 is 0 Å². The van der Waals surface area contributed by atoms with E-state index >= 15 is 0 Å². The third-order valence-electron chi connectivity index (χ3n) is 3.18. The molecule has 0 bridgehead atoms. The van der Waals surface area contributed by atoms with Crippen molar-refractivity contribution in [1.29, 1.82) is 0 Å². The maximum Gasteiger partial charge on any atom is 0.146 e. The highest BCUT2D eigenvalue weighted by Gasteiger charge is 2.36. The molecule has 0 N–H and O–H groups in total. The molecule has 0 spiro atoms. The second kappa shape index (κ2) is 4.40. The number of rotatable bonds is 3. The van der Waals surface area contributed by atoms with Gasteiger partial charge in [0.2, 0.25) is 0 Å². The molecular weight excluding hydrogens is 168 g/mol. The SMILES string of the molecule is COCOC1C[C@H]2CCOC[C@H]2C1. The van der Waals surface area contributed by atoms with E-state index in [0.29, 0.717) is 12.9 Å². The van der Waals surface area contributed by atoms with Crippen LogP contribution in [0.3, 0.4) is 0 Å². The monoisotopic (exact) mass is 186 g/mol. The lowest BCUT2D eigenvalue weighted by atomic mass is 9.92. The van der Waals surface area contributed by atoms with Crippen LogP contribution in [0.25, 0.3) is 0 Å². The molecule has 0 aromatic carbocycles. The molecule has 2 fully saturated rings. The van der Waals surface area contributed by atoms with Crippen molar-refractivity contribution in [2.45, 2.75) is 25.4 Å². The average Bonchev–Trinajstić information content (AvgIpc) is 2.57. The van der Waals surface area contributed by atoms with Crippen LogP contribution in [0.4, 0.5) is 0 Å². The van der Waals surface area contributed by atoms with Gasteiger partial charge in [-0.1, -0.05) is 0 Å². The van der Waals surface area contributed by atoms with Crippen LogP contribution in [0.2, 0.25) is 0 Å². The zero-order valence-corrected chi connectivity index (χ0v) is 8.20. The van der Waals surface area contributed by atoms with Gasteiger partial charge in [0.1, 0.15) is 6.79 Å². The summed E-state index contributed by atoms with van der Waals surface area (Å²) in [4.78, 5) is 0. The highest BCUT2D eigenvalue weighted by atomic mass is 16.7. The topological polar surface area (TPSA) is 27.7 Å². The first-order valence-electron chi connectivity index (χ1n) is 5.08. The van der Waals surface area contributed by atoms with Crippen LogP contribution in [-0.4, -0.2) is 33.2 Å². The van der Waals surface area contributed by atoms with E-state index in [1.54, 1.807) is 7.11 Å². The lowest BCUT2D eigenvalue weighted by molar-refractivity contribution is -0.0706. The van der Waals surface area contributed by atoms with Crippen molar-refractivity contribution in [3.63, 3.8) is 0 Å². The summed E-state index contributed by atoms with van der Waals surface area (Å²) in [7, 11) is 1.67. The van der Waals surface area contributed by atoms with E-state index in [-0.39, 0.29) is 0 Å². The van der Waals surface area contributed by atoms with Crippen molar-refractivity contribution in [2.24, 2.45) is 11.8 Å². The summed E-state index contributed by atoms with van der Waals surface area (Å²) in [6.07, 6.45) is 4.00. The zero-order valence-electron chi connectivity index (χ0n) is 8.20. The Morgan fingerprint density at radius 1 is 1.31 bits per heavy atom. The largest absolute Gasteiger partial charge is 0.381 e. The van der Waals surface area contributed by atoms with E-state index in [4.69, 9.17) is 14.2 Å².